The molecule has 1 fully saturated rings. The molecule has 0 saturated heterocycles. The number of carboxylic acid groups (broad SMARTS) is 1. The van der Waals surface area contributed by atoms with Gasteiger partial charge >= 0.3 is 5.97 Å². The van der Waals surface area contributed by atoms with E-state index in [9.17, 15) is 4.79 Å². The fourth-order valence-corrected chi connectivity index (χ4v) is 2.53. The number of rotatable bonds is 4. The van der Waals surface area contributed by atoms with Crippen LogP contribution in [0, 0.1) is 17.8 Å². The summed E-state index contributed by atoms with van der Waals surface area (Å²) < 4.78 is 0. The van der Waals surface area contributed by atoms with E-state index in [-0.39, 0.29) is 5.92 Å². The number of hydrogen-bond donors (Lipinski definition) is 1. The van der Waals surface area contributed by atoms with Crippen molar-refractivity contribution in [1.29, 1.82) is 0 Å². The molecule has 1 aliphatic carbocycles. The maximum atomic E-state index is 11.0. The fraction of sp³-hybridized carbons (Fsp3) is 0.750. The summed E-state index contributed by atoms with van der Waals surface area (Å²) in [5.74, 6) is 0.307. The van der Waals surface area contributed by atoms with Crippen LogP contribution in [0.15, 0.2) is 12.7 Å². The highest BCUT2D eigenvalue weighted by Gasteiger charge is 2.33. The fourth-order valence-electron chi connectivity index (χ4n) is 2.53. The van der Waals surface area contributed by atoms with E-state index in [1.54, 1.807) is 0 Å². The first-order valence-corrected chi connectivity index (χ1v) is 5.52. The Hall–Kier alpha value is -0.790. The smallest absolute Gasteiger partial charge is 0.306 e. The number of hydrogen-bond acceptors (Lipinski definition) is 1. The summed E-state index contributed by atoms with van der Waals surface area (Å²) in [6, 6.07) is 0. The quantitative estimate of drug-likeness (QED) is 0.701. The number of carboxylic acids is 1. The molecular formula is C12H20O2. The SMILES string of the molecule is C=CCC1CC(CC)CCC1C(=O)O. The molecule has 2 heteroatoms. The van der Waals surface area contributed by atoms with Gasteiger partial charge in [-0.25, -0.2) is 0 Å². The minimum Gasteiger partial charge on any atom is -0.481 e. The van der Waals surface area contributed by atoms with Crippen LogP contribution in [-0.4, -0.2) is 11.1 Å². The predicted octanol–water partition coefficient (Wildman–Crippen LogP) is 3.09. The van der Waals surface area contributed by atoms with Gasteiger partial charge in [-0.1, -0.05) is 19.4 Å². The van der Waals surface area contributed by atoms with Gasteiger partial charge in [-0.3, -0.25) is 4.79 Å². The van der Waals surface area contributed by atoms with Gasteiger partial charge in [0, 0.05) is 0 Å². The first kappa shape index (κ1) is 11.3. The second kappa shape index (κ2) is 5.18. The van der Waals surface area contributed by atoms with Gasteiger partial charge in [-0.2, -0.15) is 0 Å². The van der Waals surface area contributed by atoms with Gasteiger partial charge in [0.2, 0.25) is 0 Å². The Bertz CT molecular complexity index is 210. The van der Waals surface area contributed by atoms with Crippen molar-refractivity contribution in [3.05, 3.63) is 12.7 Å². The van der Waals surface area contributed by atoms with Gasteiger partial charge in [0.25, 0.3) is 0 Å². The summed E-state index contributed by atoms with van der Waals surface area (Å²) >= 11 is 0. The Morgan fingerprint density at radius 2 is 2.29 bits per heavy atom. The van der Waals surface area contributed by atoms with Gasteiger partial charge in [0.1, 0.15) is 0 Å². The lowest BCUT2D eigenvalue weighted by Crippen LogP contribution is -2.30. The molecule has 0 heterocycles. The standard InChI is InChI=1S/C12H20O2/c1-3-5-10-8-9(4-2)6-7-11(10)12(13)14/h3,9-11H,1,4-8H2,2H3,(H,13,14). The van der Waals surface area contributed by atoms with Crippen molar-refractivity contribution in [2.75, 3.05) is 0 Å². The molecule has 3 atom stereocenters. The molecule has 0 aromatic carbocycles. The lowest BCUT2D eigenvalue weighted by molar-refractivity contribution is -0.145. The minimum atomic E-state index is -0.619. The van der Waals surface area contributed by atoms with Crippen LogP contribution in [0.3, 0.4) is 0 Å². The Balaban J connectivity index is 2.59. The molecule has 0 spiro atoms. The zero-order chi connectivity index (χ0) is 10.6. The van der Waals surface area contributed by atoms with Gasteiger partial charge in [0.05, 0.1) is 5.92 Å². The molecule has 14 heavy (non-hydrogen) atoms. The largest absolute Gasteiger partial charge is 0.481 e. The Kier molecular flexibility index (Phi) is 4.18. The lowest BCUT2D eigenvalue weighted by atomic mass is 9.72. The van der Waals surface area contributed by atoms with Crippen LogP contribution in [0.5, 0.6) is 0 Å². The van der Waals surface area contributed by atoms with E-state index in [4.69, 9.17) is 5.11 Å². The van der Waals surface area contributed by atoms with Crippen molar-refractivity contribution in [1.82, 2.24) is 0 Å². The normalized spacial score (nSPS) is 32.5. The summed E-state index contributed by atoms with van der Waals surface area (Å²) in [4.78, 5) is 11.0. The minimum absolute atomic E-state index is 0.129. The van der Waals surface area contributed by atoms with E-state index < -0.39 is 5.97 Å². The average Bonchev–Trinajstić information content (AvgIpc) is 2.17. The molecular weight excluding hydrogens is 176 g/mol. The van der Waals surface area contributed by atoms with E-state index in [1.807, 2.05) is 6.08 Å². The summed E-state index contributed by atoms with van der Waals surface area (Å²) in [6.45, 7) is 5.90. The van der Waals surface area contributed by atoms with Gasteiger partial charge < -0.3 is 5.11 Å². The molecule has 1 aliphatic rings. The zero-order valence-electron chi connectivity index (χ0n) is 8.91. The molecule has 0 radical (unpaired) electrons. The highest BCUT2D eigenvalue weighted by Crippen LogP contribution is 2.37. The third-order valence-corrected chi connectivity index (χ3v) is 3.46. The van der Waals surface area contributed by atoms with E-state index in [0.717, 1.165) is 31.6 Å². The van der Waals surface area contributed by atoms with Gasteiger partial charge in [0.15, 0.2) is 0 Å². The van der Waals surface area contributed by atoms with Crippen LogP contribution in [0.1, 0.15) is 39.0 Å². The Labute approximate surface area is 86.0 Å². The predicted molar refractivity (Wildman–Crippen MR) is 57.1 cm³/mol. The van der Waals surface area contributed by atoms with Crippen molar-refractivity contribution in [3.8, 4) is 0 Å². The van der Waals surface area contributed by atoms with Crippen molar-refractivity contribution in [2.45, 2.75) is 39.0 Å². The number of aliphatic carboxylic acids is 1. The van der Waals surface area contributed by atoms with Crippen molar-refractivity contribution < 1.29 is 9.90 Å². The second-order valence-corrected chi connectivity index (χ2v) is 4.32. The molecule has 0 amide bonds. The van der Waals surface area contributed by atoms with E-state index >= 15 is 0 Å². The number of carbonyl (C=O) groups is 1. The molecule has 2 nitrogen and oxygen atoms in total. The third kappa shape index (κ3) is 2.60. The topological polar surface area (TPSA) is 37.3 Å². The van der Waals surface area contributed by atoms with E-state index in [2.05, 4.69) is 13.5 Å². The van der Waals surface area contributed by atoms with E-state index in [0.29, 0.717) is 5.92 Å². The van der Waals surface area contributed by atoms with Crippen LogP contribution in [-0.2, 0) is 4.79 Å². The first-order valence-electron chi connectivity index (χ1n) is 5.52. The molecule has 0 aromatic heterocycles. The van der Waals surface area contributed by atoms with Crippen LogP contribution in [0.25, 0.3) is 0 Å². The summed E-state index contributed by atoms with van der Waals surface area (Å²) in [6.07, 6.45) is 6.90. The third-order valence-electron chi connectivity index (χ3n) is 3.46. The Morgan fingerprint density at radius 3 is 2.79 bits per heavy atom. The molecule has 80 valence electrons. The monoisotopic (exact) mass is 196 g/mol. The van der Waals surface area contributed by atoms with E-state index in [1.165, 1.54) is 6.42 Å². The first-order chi connectivity index (χ1) is 6.69. The molecule has 1 rings (SSSR count). The summed E-state index contributed by atoms with van der Waals surface area (Å²) in [5.41, 5.74) is 0. The summed E-state index contributed by atoms with van der Waals surface area (Å²) in [7, 11) is 0. The second-order valence-electron chi connectivity index (χ2n) is 4.32. The average molecular weight is 196 g/mol. The maximum absolute atomic E-state index is 11.0. The molecule has 1 saturated carbocycles. The molecule has 0 aromatic rings. The van der Waals surface area contributed by atoms with Crippen LogP contribution in [0.2, 0.25) is 0 Å². The highest BCUT2D eigenvalue weighted by atomic mass is 16.4. The highest BCUT2D eigenvalue weighted by molar-refractivity contribution is 5.70. The van der Waals surface area contributed by atoms with Crippen molar-refractivity contribution >= 4 is 5.97 Å². The molecule has 1 N–H and O–H groups in total. The summed E-state index contributed by atoms with van der Waals surface area (Å²) in [5, 5.41) is 9.06. The van der Waals surface area contributed by atoms with Gasteiger partial charge in [-0.05, 0) is 37.5 Å². The van der Waals surface area contributed by atoms with Crippen molar-refractivity contribution in [3.63, 3.8) is 0 Å². The van der Waals surface area contributed by atoms with Crippen LogP contribution < -0.4 is 0 Å². The molecule has 0 aliphatic heterocycles. The molecule has 3 unspecified atom stereocenters. The van der Waals surface area contributed by atoms with Gasteiger partial charge in [-0.15, -0.1) is 6.58 Å². The van der Waals surface area contributed by atoms with Crippen molar-refractivity contribution in [2.24, 2.45) is 17.8 Å². The van der Waals surface area contributed by atoms with Crippen LogP contribution >= 0.6 is 0 Å². The lowest BCUT2D eigenvalue weighted by Gasteiger charge is -2.33. The number of allylic oxidation sites excluding steroid dienone is 1. The Morgan fingerprint density at radius 1 is 1.57 bits per heavy atom. The zero-order valence-corrected chi connectivity index (χ0v) is 8.91. The van der Waals surface area contributed by atoms with Crippen LogP contribution in [0.4, 0.5) is 0 Å². The maximum Gasteiger partial charge on any atom is 0.306 e. The molecule has 0 bridgehead atoms.